The molecule has 112 valence electrons. The Labute approximate surface area is 122 Å². The minimum Gasteiger partial charge on any atom is -0.507 e. The van der Waals surface area contributed by atoms with Crippen LogP contribution in [0.15, 0.2) is 18.2 Å². The zero-order valence-corrected chi connectivity index (χ0v) is 12.3. The smallest absolute Gasteiger partial charge is 0.303 e. The zero-order chi connectivity index (χ0) is 15.6. The highest BCUT2D eigenvalue weighted by atomic mass is 16.5. The predicted octanol–water partition coefficient (Wildman–Crippen LogP) is 2.89. The summed E-state index contributed by atoms with van der Waals surface area (Å²) < 4.78 is 10.6. The molecule has 2 aromatic rings. The fourth-order valence-electron chi connectivity index (χ4n) is 2.50. The average Bonchev–Trinajstić information content (AvgIpc) is 2.44. The second kappa shape index (κ2) is 5.91. The molecule has 0 atom stereocenters. The first-order valence-electron chi connectivity index (χ1n) is 6.57. The molecule has 0 bridgehead atoms. The summed E-state index contributed by atoms with van der Waals surface area (Å²) in [6, 6.07) is 5.23. The van der Waals surface area contributed by atoms with Crippen molar-refractivity contribution in [3.8, 4) is 17.2 Å². The van der Waals surface area contributed by atoms with Gasteiger partial charge in [0.1, 0.15) is 17.2 Å². The van der Waals surface area contributed by atoms with E-state index in [1.165, 1.54) is 20.3 Å². The van der Waals surface area contributed by atoms with Crippen molar-refractivity contribution in [2.24, 2.45) is 0 Å². The van der Waals surface area contributed by atoms with Gasteiger partial charge in [0.2, 0.25) is 0 Å². The molecule has 0 aromatic heterocycles. The van der Waals surface area contributed by atoms with Crippen LogP contribution >= 0.6 is 0 Å². The number of carbonyl (C=O) groups is 1. The summed E-state index contributed by atoms with van der Waals surface area (Å²) in [6.07, 6.45) is 0.314. The van der Waals surface area contributed by atoms with E-state index in [1.807, 2.05) is 19.1 Å². The molecule has 0 aliphatic carbocycles. The highest BCUT2D eigenvalue weighted by Crippen LogP contribution is 2.41. The Kier molecular flexibility index (Phi) is 4.21. The summed E-state index contributed by atoms with van der Waals surface area (Å²) >= 11 is 0. The lowest BCUT2D eigenvalue weighted by Gasteiger charge is -2.16. The van der Waals surface area contributed by atoms with E-state index in [2.05, 4.69) is 0 Å². The van der Waals surface area contributed by atoms with E-state index in [-0.39, 0.29) is 12.2 Å². The average molecular weight is 290 g/mol. The van der Waals surface area contributed by atoms with E-state index in [0.29, 0.717) is 23.3 Å². The van der Waals surface area contributed by atoms with Crippen molar-refractivity contribution in [3.63, 3.8) is 0 Å². The normalized spacial score (nSPS) is 10.6. The van der Waals surface area contributed by atoms with Crippen molar-refractivity contribution in [2.45, 2.75) is 19.8 Å². The van der Waals surface area contributed by atoms with Crippen LogP contribution < -0.4 is 9.47 Å². The number of phenols is 1. The van der Waals surface area contributed by atoms with Crippen LogP contribution in [0.25, 0.3) is 10.8 Å². The van der Waals surface area contributed by atoms with Crippen LogP contribution in [0, 0.1) is 6.92 Å². The molecule has 5 nitrogen and oxygen atoms in total. The number of ether oxygens (including phenoxy) is 2. The van der Waals surface area contributed by atoms with Crippen LogP contribution in [0.5, 0.6) is 17.2 Å². The number of aryl methyl sites for hydroxylation is 2. The summed E-state index contributed by atoms with van der Waals surface area (Å²) in [7, 11) is 3.03. The maximum atomic E-state index is 10.9. The number of rotatable bonds is 5. The highest BCUT2D eigenvalue weighted by molar-refractivity contribution is 5.98. The predicted molar refractivity (Wildman–Crippen MR) is 79.4 cm³/mol. The third kappa shape index (κ3) is 2.86. The number of methoxy groups -OCH3 is 2. The molecule has 0 heterocycles. The van der Waals surface area contributed by atoms with Crippen molar-refractivity contribution in [3.05, 3.63) is 29.3 Å². The fraction of sp³-hybridized carbons (Fsp3) is 0.312. The van der Waals surface area contributed by atoms with Crippen molar-refractivity contribution in [2.75, 3.05) is 14.2 Å². The van der Waals surface area contributed by atoms with Gasteiger partial charge in [0.15, 0.2) is 0 Å². The molecule has 0 saturated carbocycles. The number of phenolic OH excluding ortho intramolecular Hbond substituents is 1. The molecule has 0 radical (unpaired) electrons. The van der Waals surface area contributed by atoms with Crippen LogP contribution in [0.1, 0.15) is 17.5 Å². The van der Waals surface area contributed by atoms with Crippen LogP contribution in [-0.4, -0.2) is 30.4 Å². The number of fused-ring (bicyclic) bond motifs is 1. The van der Waals surface area contributed by atoms with Gasteiger partial charge in [0, 0.05) is 18.1 Å². The standard InChI is InChI=1S/C16H18O5/c1-9-6-11-10(4-5-15(18)19)13(20-2)8-12(17)16(11)14(7-9)21-3/h6-8,17H,4-5H2,1-3H3,(H,18,19). The van der Waals surface area contributed by atoms with Crippen molar-refractivity contribution < 1.29 is 24.5 Å². The van der Waals surface area contributed by atoms with Gasteiger partial charge in [-0.05, 0) is 30.4 Å². The van der Waals surface area contributed by atoms with E-state index in [0.717, 1.165) is 16.5 Å². The maximum Gasteiger partial charge on any atom is 0.303 e. The Balaban J connectivity index is 2.76. The van der Waals surface area contributed by atoms with E-state index in [9.17, 15) is 9.90 Å². The fourth-order valence-corrected chi connectivity index (χ4v) is 2.50. The van der Waals surface area contributed by atoms with E-state index in [4.69, 9.17) is 14.6 Å². The minimum atomic E-state index is -0.877. The van der Waals surface area contributed by atoms with Crippen LogP contribution in [0.3, 0.4) is 0 Å². The van der Waals surface area contributed by atoms with Gasteiger partial charge < -0.3 is 19.7 Å². The van der Waals surface area contributed by atoms with Crippen LogP contribution in [0.4, 0.5) is 0 Å². The Morgan fingerprint density at radius 1 is 1.14 bits per heavy atom. The van der Waals surface area contributed by atoms with Gasteiger partial charge in [0.25, 0.3) is 0 Å². The Hall–Kier alpha value is -2.43. The molecule has 0 saturated heterocycles. The van der Waals surface area contributed by atoms with E-state index < -0.39 is 5.97 Å². The van der Waals surface area contributed by atoms with Gasteiger partial charge in [-0.1, -0.05) is 6.07 Å². The van der Waals surface area contributed by atoms with Gasteiger partial charge in [-0.25, -0.2) is 0 Å². The van der Waals surface area contributed by atoms with Gasteiger partial charge in [-0.15, -0.1) is 0 Å². The number of hydrogen-bond acceptors (Lipinski definition) is 4. The number of aromatic hydroxyl groups is 1. The maximum absolute atomic E-state index is 10.9. The molecule has 0 fully saturated rings. The van der Waals surface area contributed by atoms with Crippen LogP contribution in [-0.2, 0) is 11.2 Å². The lowest BCUT2D eigenvalue weighted by atomic mass is 9.96. The lowest BCUT2D eigenvalue weighted by Crippen LogP contribution is -2.01. The summed E-state index contributed by atoms with van der Waals surface area (Å²) in [4.78, 5) is 10.9. The van der Waals surface area contributed by atoms with E-state index in [1.54, 1.807) is 0 Å². The van der Waals surface area contributed by atoms with Gasteiger partial charge in [-0.3, -0.25) is 4.79 Å². The minimum absolute atomic E-state index is 0.00745. The first-order chi connectivity index (χ1) is 9.97. The van der Waals surface area contributed by atoms with Crippen molar-refractivity contribution in [1.82, 2.24) is 0 Å². The molecule has 2 aromatic carbocycles. The monoisotopic (exact) mass is 290 g/mol. The second-order valence-corrected chi connectivity index (χ2v) is 4.86. The molecular weight excluding hydrogens is 272 g/mol. The number of carboxylic acid groups (broad SMARTS) is 1. The zero-order valence-electron chi connectivity index (χ0n) is 12.3. The van der Waals surface area contributed by atoms with Gasteiger partial charge in [0.05, 0.1) is 19.6 Å². The molecule has 0 amide bonds. The van der Waals surface area contributed by atoms with Gasteiger partial charge >= 0.3 is 5.97 Å². The van der Waals surface area contributed by atoms with Crippen molar-refractivity contribution in [1.29, 1.82) is 0 Å². The molecule has 0 unspecified atom stereocenters. The Morgan fingerprint density at radius 3 is 2.38 bits per heavy atom. The molecule has 21 heavy (non-hydrogen) atoms. The Morgan fingerprint density at radius 2 is 1.81 bits per heavy atom. The van der Waals surface area contributed by atoms with Crippen molar-refractivity contribution >= 4 is 16.7 Å². The molecule has 2 N–H and O–H groups in total. The van der Waals surface area contributed by atoms with Gasteiger partial charge in [-0.2, -0.15) is 0 Å². The second-order valence-electron chi connectivity index (χ2n) is 4.86. The third-order valence-corrected chi connectivity index (χ3v) is 3.42. The first kappa shape index (κ1) is 15.0. The summed E-state index contributed by atoms with van der Waals surface area (Å²) in [5.41, 5.74) is 1.72. The Bertz CT molecular complexity index is 691. The summed E-state index contributed by atoms with van der Waals surface area (Å²) in [6.45, 7) is 1.92. The number of aliphatic carboxylic acids is 1. The number of carboxylic acids is 1. The SMILES string of the molecule is COc1cc(O)c2c(OC)cc(C)cc2c1CCC(=O)O. The van der Waals surface area contributed by atoms with Crippen LogP contribution in [0.2, 0.25) is 0 Å². The lowest BCUT2D eigenvalue weighted by molar-refractivity contribution is -0.136. The molecule has 0 aliphatic heterocycles. The number of benzene rings is 2. The topological polar surface area (TPSA) is 76.0 Å². The first-order valence-corrected chi connectivity index (χ1v) is 6.57. The molecule has 0 aliphatic rings. The molecule has 2 rings (SSSR count). The molecular formula is C16H18O5. The third-order valence-electron chi connectivity index (χ3n) is 3.42. The summed E-state index contributed by atoms with van der Waals surface area (Å²) in [5.74, 6) is 0.214. The molecule has 0 spiro atoms. The summed E-state index contributed by atoms with van der Waals surface area (Å²) in [5, 5.41) is 20.4. The molecule has 5 heteroatoms. The largest absolute Gasteiger partial charge is 0.507 e. The quantitative estimate of drug-likeness (QED) is 0.885. The highest BCUT2D eigenvalue weighted by Gasteiger charge is 2.17. The van der Waals surface area contributed by atoms with E-state index >= 15 is 0 Å². The number of hydrogen-bond donors (Lipinski definition) is 2.